The molecule has 0 saturated carbocycles. The molecule has 1 unspecified atom stereocenters. The molecule has 2 aromatic rings. The summed E-state index contributed by atoms with van der Waals surface area (Å²) in [4.78, 5) is 12.2. The Labute approximate surface area is 121 Å². The molecule has 0 spiro atoms. The molecule has 2 rings (SSSR count). The normalized spacial score (nSPS) is 12.2. The van der Waals surface area contributed by atoms with E-state index in [1.807, 2.05) is 6.92 Å². The lowest BCUT2D eigenvalue weighted by Crippen LogP contribution is -2.24. The number of aliphatic hydroxyl groups is 1. The molecular formula is C13H15ClN4O2. The van der Waals surface area contributed by atoms with E-state index in [9.17, 15) is 4.79 Å². The Hall–Kier alpha value is -1.92. The van der Waals surface area contributed by atoms with Gasteiger partial charge in [-0.15, -0.1) is 5.10 Å². The van der Waals surface area contributed by atoms with E-state index in [2.05, 4.69) is 15.6 Å². The Morgan fingerprint density at radius 1 is 1.55 bits per heavy atom. The second-order valence-corrected chi connectivity index (χ2v) is 4.83. The standard InChI is InChI=1S/C13H15ClN4O2/c1-8-11(14)4-3-5-12(8)15-13(20)9(2)18-6-10(7-19)16-17-18/h3-6,9,19H,7H2,1-2H3,(H,15,20). The number of rotatable bonds is 4. The van der Waals surface area contributed by atoms with Crippen molar-refractivity contribution < 1.29 is 9.90 Å². The summed E-state index contributed by atoms with van der Waals surface area (Å²) in [5, 5.41) is 19.9. The molecule has 0 radical (unpaired) electrons. The van der Waals surface area contributed by atoms with Crippen LogP contribution in [0.2, 0.25) is 5.02 Å². The number of anilines is 1. The summed E-state index contributed by atoms with van der Waals surface area (Å²) in [5.41, 5.74) is 1.89. The maximum Gasteiger partial charge on any atom is 0.249 e. The van der Waals surface area contributed by atoms with Crippen molar-refractivity contribution in [3.63, 3.8) is 0 Å². The molecule has 1 amide bonds. The number of aromatic nitrogens is 3. The molecule has 1 aromatic heterocycles. The zero-order valence-corrected chi connectivity index (χ0v) is 11.9. The maximum absolute atomic E-state index is 12.2. The monoisotopic (exact) mass is 294 g/mol. The third kappa shape index (κ3) is 2.97. The van der Waals surface area contributed by atoms with Gasteiger partial charge in [0.05, 0.1) is 12.8 Å². The third-order valence-corrected chi connectivity index (χ3v) is 3.43. The van der Waals surface area contributed by atoms with Crippen LogP contribution in [0.4, 0.5) is 5.69 Å². The van der Waals surface area contributed by atoms with Gasteiger partial charge in [-0.3, -0.25) is 4.79 Å². The van der Waals surface area contributed by atoms with E-state index in [-0.39, 0.29) is 12.5 Å². The minimum absolute atomic E-state index is 0.207. The van der Waals surface area contributed by atoms with E-state index in [0.29, 0.717) is 16.4 Å². The minimum atomic E-state index is -0.541. The van der Waals surface area contributed by atoms with E-state index in [4.69, 9.17) is 16.7 Å². The first-order chi connectivity index (χ1) is 9.52. The van der Waals surface area contributed by atoms with Crippen molar-refractivity contribution >= 4 is 23.2 Å². The Morgan fingerprint density at radius 3 is 2.95 bits per heavy atom. The Morgan fingerprint density at radius 2 is 2.30 bits per heavy atom. The van der Waals surface area contributed by atoms with E-state index in [0.717, 1.165) is 5.56 Å². The van der Waals surface area contributed by atoms with Crippen LogP contribution in [0.1, 0.15) is 24.2 Å². The van der Waals surface area contributed by atoms with Gasteiger partial charge < -0.3 is 10.4 Å². The van der Waals surface area contributed by atoms with Crippen LogP contribution in [0.15, 0.2) is 24.4 Å². The second kappa shape index (κ2) is 6.02. The van der Waals surface area contributed by atoms with Crippen LogP contribution in [-0.2, 0) is 11.4 Å². The number of carbonyl (C=O) groups is 1. The van der Waals surface area contributed by atoms with Gasteiger partial charge in [-0.25, -0.2) is 4.68 Å². The molecule has 0 bridgehead atoms. The summed E-state index contributed by atoms with van der Waals surface area (Å²) < 4.78 is 1.40. The fourth-order valence-electron chi connectivity index (χ4n) is 1.68. The molecule has 1 heterocycles. The summed E-state index contributed by atoms with van der Waals surface area (Å²) in [5.74, 6) is -0.232. The number of halogens is 1. The third-order valence-electron chi connectivity index (χ3n) is 3.02. The van der Waals surface area contributed by atoms with E-state index >= 15 is 0 Å². The summed E-state index contributed by atoms with van der Waals surface area (Å²) in [6.07, 6.45) is 1.54. The first-order valence-corrected chi connectivity index (χ1v) is 6.48. The average molecular weight is 295 g/mol. The number of carbonyl (C=O) groups excluding carboxylic acids is 1. The lowest BCUT2D eigenvalue weighted by molar-refractivity contribution is -0.119. The number of nitrogens with zero attached hydrogens (tertiary/aromatic N) is 3. The van der Waals surface area contributed by atoms with Gasteiger partial charge in [-0.2, -0.15) is 0 Å². The summed E-state index contributed by atoms with van der Waals surface area (Å²) in [6, 6.07) is 4.78. The molecule has 1 aromatic carbocycles. The van der Waals surface area contributed by atoms with E-state index in [1.54, 1.807) is 25.1 Å². The van der Waals surface area contributed by atoms with Gasteiger partial charge in [0.1, 0.15) is 11.7 Å². The zero-order chi connectivity index (χ0) is 14.7. The van der Waals surface area contributed by atoms with Gasteiger partial charge in [0.2, 0.25) is 5.91 Å². The molecular weight excluding hydrogens is 280 g/mol. The van der Waals surface area contributed by atoms with Gasteiger partial charge in [0, 0.05) is 10.7 Å². The fraction of sp³-hybridized carbons (Fsp3) is 0.308. The lowest BCUT2D eigenvalue weighted by Gasteiger charge is -2.14. The lowest BCUT2D eigenvalue weighted by atomic mass is 10.2. The van der Waals surface area contributed by atoms with E-state index < -0.39 is 6.04 Å². The van der Waals surface area contributed by atoms with Gasteiger partial charge in [-0.05, 0) is 31.5 Å². The number of amides is 1. The van der Waals surface area contributed by atoms with Crippen LogP contribution < -0.4 is 5.32 Å². The van der Waals surface area contributed by atoms with Gasteiger partial charge in [0.25, 0.3) is 0 Å². The molecule has 2 N–H and O–H groups in total. The van der Waals surface area contributed by atoms with Gasteiger partial charge in [0.15, 0.2) is 0 Å². The largest absolute Gasteiger partial charge is 0.390 e. The summed E-state index contributed by atoms with van der Waals surface area (Å²) in [6.45, 7) is 3.33. The Bertz CT molecular complexity index is 627. The average Bonchev–Trinajstić information content (AvgIpc) is 2.91. The Balaban J connectivity index is 2.13. The molecule has 0 aliphatic heterocycles. The molecule has 0 saturated heterocycles. The number of nitrogens with one attached hydrogen (secondary N) is 1. The molecule has 6 nitrogen and oxygen atoms in total. The number of hydrogen-bond acceptors (Lipinski definition) is 4. The molecule has 0 fully saturated rings. The van der Waals surface area contributed by atoms with Gasteiger partial charge >= 0.3 is 0 Å². The minimum Gasteiger partial charge on any atom is -0.390 e. The van der Waals surface area contributed by atoms with Gasteiger partial charge in [-0.1, -0.05) is 22.9 Å². The molecule has 1 atom stereocenters. The quantitative estimate of drug-likeness (QED) is 0.903. The number of aliphatic hydroxyl groups excluding tert-OH is 1. The smallest absolute Gasteiger partial charge is 0.249 e. The van der Waals surface area contributed by atoms with Crippen LogP contribution in [0.3, 0.4) is 0 Å². The molecule has 0 aliphatic carbocycles. The van der Waals surface area contributed by atoms with Crippen molar-refractivity contribution in [2.75, 3.05) is 5.32 Å². The van der Waals surface area contributed by atoms with Crippen molar-refractivity contribution in [1.82, 2.24) is 15.0 Å². The van der Waals surface area contributed by atoms with Crippen molar-refractivity contribution in [2.24, 2.45) is 0 Å². The van der Waals surface area contributed by atoms with Crippen molar-refractivity contribution in [3.05, 3.63) is 40.7 Å². The van der Waals surface area contributed by atoms with Crippen molar-refractivity contribution in [3.8, 4) is 0 Å². The van der Waals surface area contributed by atoms with Crippen molar-refractivity contribution in [1.29, 1.82) is 0 Å². The highest BCUT2D eigenvalue weighted by atomic mass is 35.5. The predicted molar refractivity (Wildman–Crippen MR) is 75.5 cm³/mol. The second-order valence-electron chi connectivity index (χ2n) is 4.43. The fourth-order valence-corrected chi connectivity index (χ4v) is 1.85. The van der Waals surface area contributed by atoms with E-state index in [1.165, 1.54) is 10.9 Å². The zero-order valence-electron chi connectivity index (χ0n) is 11.2. The summed E-state index contributed by atoms with van der Waals surface area (Å²) >= 11 is 6.01. The van der Waals surface area contributed by atoms with Crippen LogP contribution >= 0.6 is 11.6 Å². The molecule has 106 valence electrons. The number of benzene rings is 1. The molecule has 20 heavy (non-hydrogen) atoms. The first-order valence-electron chi connectivity index (χ1n) is 6.10. The summed E-state index contributed by atoms with van der Waals surface area (Å²) in [7, 11) is 0. The Kier molecular flexibility index (Phi) is 4.36. The topological polar surface area (TPSA) is 80.0 Å². The predicted octanol–water partition coefficient (Wildman–Crippen LogP) is 1.93. The maximum atomic E-state index is 12.2. The highest BCUT2D eigenvalue weighted by Gasteiger charge is 2.17. The van der Waals surface area contributed by atoms with Crippen LogP contribution in [-0.4, -0.2) is 26.0 Å². The highest BCUT2D eigenvalue weighted by molar-refractivity contribution is 6.31. The molecule has 7 heteroatoms. The highest BCUT2D eigenvalue weighted by Crippen LogP contribution is 2.23. The van der Waals surface area contributed by atoms with Crippen LogP contribution in [0, 0.1) is 6.92 Å². The van der Waals surface area contributed by atoms with Crippen LogP contribution in [0.25, 0.3) is 0 Å². The van der Waals surface area contributed by atoms with Crippen LogP contribution in [0.5, 0.6) is 0 Å². The van der Waals surface area contributed by atoms with Crippen molar-refractivity contribution in [2.45, 2.75) is 26.5 Å². The molecule has 0 aliphatic rings. The first kappa shape index (κ1) is 14.5. The SMILES string of the molecule is Cc1c(Cl)cccc1NC(=O)C(C)n1cc(CO)nn1. The number of hydrogen-bond donors (Lipinski definition) is 2.